The largest absolute Gasteiger partial charge is 0.217 e. The molecule has 0 radical (unpaired) electrons. The smallest absolute Gasteiger partial charge is 0.120 e. The summed E-state index contributed by atoms with van der Waals surface area (Å²) < 4.78 is 1.88. The zero-order chi connectivity index (χ0) is 15.8. The molecule has 3 heteroatoms. The lowest BCUT2D eigenvalue weighted by atomic mass is 10.0. The van der Waals surface area contributed by atoms with Gasteiger partial charge in [-0.05, 0) is 37.1 Å². The average molecular weight is 299 g/mol. The molecule has 0 saturated carbocycles. The number of rotatable bonds is 2. The zero-order valence-electron chi connectivity index (χ0n) is 13.2. The third-order valence-electron chi connectivity index (χ3n) is 4.17. The van der Waals surface area contributed by atoms with Gasteiger partial charge in [-0.25, -0.2) is 4.52 Å². The van der Waals surface area contributed by atoms with Crippen LogP contribution in [0.5, 0.6) is 0 Å². The summed E-state index contributed by atoms with van der Waals surface area (Å²) in [6.45, 7) is 4.14. The van der Waals surface area contributed by atoms with E-state index < -0.39 is 0 Å². The Labute approximate surface area is 135 Å². The number of benzene rings is 2. The molecule has 0 saturated heterocycles. The van der Waals surface area contributed by atoms with Crippen LogP contribution < -0.4 is 0 Å². The van der Waals surface area contributed by atoms with Crippen LogP contribution in [0, 0.1) is 13.8 Å². The maximum Gasteiger partial charge on any atom is 0.120 e. The van der Waals surface area contributed by atoms with Gasteiger partial charge in [-0.15, -0.1) is 5.10 Å². The highest BCUT2D eigenvalue weighted by atomic mass is 15.4. The van der Waals surface area contributed by atoms with Crippen LogP contribution in [-0.4, -0.2) is 14.8 Å². The summed E-state index contributed by atoms with van der Waals surface area (Å²) in [7, 11) is 0. The zero-order valence-corrected chi connectivity index (χ0v) is 13.2. The van der Waals surface area contributed by atoms with E-state index in [-0.39, 0.29) is 0 Å². The molecule has 0 aliphatic carbocycles. The lowest BCUT2D eigenvalue weighted by Gasteiger charge is -2.04. The van der Waals surface area contributed by atoms with E-state index in [2.05, 4.69) is 71.8 Å². The van der Waals surface area contributed by atoms with Gasteiger partial charge in [-0.3, -0.25) is 0 Å². The molecule has 3 nitrogen and oxygen atoms in total. The van der Waals surface area contributed by atoms with E-state index in [0.717, 1.165) is 22.5 Å². The van der Waals surface area contributed by atoms with E-state index >= 15 is 0 Å². The second-order valence-electron chi connectivity index (χ2n) is 5.85. The predicted molar refractivity (Wildman–Crippen MR) is 93.3 cm³/mol. The molecule has 112 valence electrons. The van der Waals surface area contributed by atoms with Gasteiger partial charge in [0.1, 0.15) is 5.69 Å². The van der Waals surface area contributed by atoms with Crippen molar-refractivity contribution in [1.29, 1.82) is 0 Å². The van der Waals surface area contributed by atoms with Crippen molar-refractivity contribution in [3.8, 4) is 22.4 Å². The lowest BCUT2D eigenvalue weighted by molar-refractivity contribution is 0.829. The van der Waals surface area contributed by atoms with E-state index in [0.29, 0.717) is 0 Å². The van der Waals surface area contributed by atoms with E-state index in [4.69, 9.17) is 0 Å². The Morgan fingerprint density at radius 2 is 1.30 bits per heavy atom. The van der Waals surface area contributed by atoms with Crippen LogP contribution in [-0.2, 0) is 0 Å². The normalized spacial score (nSPS) is 11.0. The maximum absolute atomic E-state index is 4.35. The van der Waals surface area contributed by atoms with Crippen LogP contribution in [0.15, 0.2) is 66.7 Å². The summed E-state index contributed by atoms with van der Waals surface area (Å²) in [6, 6.07) is 23.2. The minimum absolute atomic E-state index is 0.921. The van der Waals surface area contributed by atoms with Gasteiger partial charge in [-0.2, -0.15) is 0 Å². The van der Waals surface area contributed by atoms with Gasteiger partial charge in [-0.1, -0.05) is 65.4 Å². The van der Waals surface area contributed by atoms with E-state index in [1.165, 1.54) is 16.7 Å². The number of nitrogens with zero attached hydrogens (tertiary/aromatic N) is 3. The van der Waals surface area contributed by atoms with Gasteiger partial charge >= 0.3 is 0 Å². The molecule has 0 aliphatic rings. The Balaban J connectivity index is 1.75. The van der Waals surface area contributed by atoms with Gasteiger partial charge in [0.15, 0.2) is 0 Å². The van der Waals surface area contributed by atoms with Crippen LogP contribution in [0.2, 0.25) is 0 Å². The Morgan fingerprint density at radius 3 is 2.00 bits per heavy atom. The Bertz CT molecular complexity index is 964. The van der Waals surface area contributed by atoms with Crippen LogP contribution in [0.4, 0.5) is 0 Å². The SMILES string of the molecule is Cc1ccc(-c2ccc(-c3nnn4c(C)cccc34)cc2)cc1. The number of hydrogen-bond acceptors (Lipinski definition) is 2. The molecule has 0 amide bonds. The van der Waals surface area contributed by atoms with Crippen molar-refractivity contribution in [2.75, 3.05) is 0 Å². The average Bonchev–Trinajstić information content (AvgIpc) is 3.01. The first-order valence-corrected chi connectivity index (χ1v) is 7.71. The minimum Gasteiger partial charge on any atom is -0.217 e. The summed E-state index contributed by atoms with van der Waals surface area (Å²) in [5, 5.41) is 8.60. The lowest BCUT2D eigenvalue weighted by Crippen LogP contribution is -1.91. The standard InChI is InChI=1S/C20H17N3/c1-14-6-8-16(9-7-14)17-10-12-18(13-11-17)20-19-5-3-4-15(2)23(19)22-21-20/h3-13H,1-2H3. The number of aromatic nitrogens is 3. The van der Waals surface area contributed by atoms with Crippen LogP contribution in [0.3, 0.4) is 0 Å². The fraction of sp³-hybridized carbons (Fsp3) is 0.100. The van der Waals surface area contributed by atoms with Crippen molar-refractivity contribution in [3.63, 3.8) is 0 Å². The molecule has 2 heterocycles. The highest BCUT2D eigenvalue weighted by Crippen LogP contribution is 2.26. The number of hydrogen-bond donors (Lipinski definition) is 0. The summed E-state index contributed by atoms with van der Waals surface area (Å²) in [4.78, 5) is 0. The Morgan fingerprint density at radius 1 is 0.696 bits per heavy atom. The van der Waals surface area contributed by atoms with Crippen molar-refractivity contribution in [1.82, 2.24) is 14.8 Å². The Kier molecular flexibility index (Phi) is 3.19. The summed E-state index contributed by atoms with van der Waals surface area (Å²) in [5.41, 5.74) is 7.83. The summed E-state index contributed by atoms with van der Waals surface area (Å²) in [6.07, 6.45) is 0. The van der Waals surface area contributed by atoms with Crippen molar-refractivity contribution >= 4 is 5.52 Å². The monoisotopic (exact) mass is 299 g/mol. The molecule has 0 unspecified atom stereocenters. The first kappa shape index (κ1) is 13.7. The quantitative estimate of drug-likeness (QED) is 0.538. The minimum atomic E-state index is 0.921. The van der Waals surface area contributed by atoms with Crippen molar-refractivity contribution in [2.24, 2.45) is 0 Å². The molecule has 2 aromatic carbocycles. The fourth-order valence-electron chi connectivity index (χ4n) is 2.82. The number of fused-ring (bicyclic) bond motifs is 1. The highest BCUT2D eigenvalue weighted by Gasteiger charge is 2.09. The van der Waals surface area contributed by atoms with Crippen molar-refractivity contribution in [2.45, 2.75) is 13.8 Å². The first-order chi connectivity index (χ1) is 11.2. The predicted octanol–water partition coefficient (Wildman–Crippen LogP) is 4.68. The molecule has 2 aromatic heterocycles. The highest BCUT2D eigenvalue weighted by molar-refractivity contribution is 5.78. The molecule has 0 fully saturated rings. The van der Waals surface area contributed by atoms with Crippen molar-refractivity contribution in [3.05, 3.63) is 78.0 Å². The molecule has 0 aliphatic heterocycles. The molecular weight excluding hydrogens is 282 g/mol. The fourth-order valence-corrected chi connectivity index (χ4v) is 2.82. The van der Waals surface area contributed by atoms with Crippen molar-refractivity contribution < 1.29 is 0 Å². The summed E-state index contributed by atoms with van der Waals surface area (Å²) in [5.74, 6) is 0. The van der Waals surface area contributed by atoms with Gasteiger partial charge in [0.2, 0.25) is 0 Å². The molecule has 0 bridgehead atoms. The van der Waals surface area contributed by atoms with E-state index in [9.17, 15) is 0 Å². The third-order valence-corrected chi connectivity index (χ3v) is 4.17. The molecule has 23 heavy (non-hydrogen) atoms. The molecule has 0 atom stereocenters. The molecule has 4 aromatic rings. The van der Waals surface area contributed by atoms with E-state index in [1.807, 2.05) is 23.6 Å². The topological polar surface area (TPSA) is 30.2 Å². The van der Waals surface area contributed by atoms with Gasteiger partial charge in [0.05, 0.1) is 5.52 Å². The van der Waals surface area contributed by atoms with Crippen LogP contribution >= 0.6 is 0 Å². The van der Waals surface area contributed by atoms with Gasteiger partial charge in [0.25, 0.3) is 0 Å². The second-order valence-corrected chi connectivity index (χ2v) is 5.85. The number of pyridine rings is 1. The molecule has 0 spiro atoms. The number of aryl methyl sites for hydroxylation is 2. The van der Waals surface area contributed by atoms with Gasteiger partial charge < -0.3 is 0 Å². The Hall–Kier alpha value is -2.94. The van der Waals surface area contributed by atoms with Gasteiger partial charge in [0, 0.05) is 11.3 Å². The molecule has 0 N–H and O–H groups in total. The molecule has 4 rings (SSSR count). The molecular formula is C20H17N3. The maximum atomic E-state index is 4.35. The van der Waals surface area contributed by atoms with Crippen LogP contribution in [0.25, 0.3) is 27.9 Å². The second kappa shape index (κ2) is 5.36. The van der Waals surface area contributed by atoms with Crippen LogP contribution in [0.1, 0.15) is 11.3 Å². The first-order valence-electron chi connectivity index (χ1n) is 7.71. The summed E-state index contributed by atoms with van der Waals surface area (Å²) >= 11 is 0. The third kappa shape index (κ3) is 2.40. The van der Waals surface area contributed by atoms with E-state index in [1.54, 1.807) is 0 Å².